The summed E-state index contributed by atoms with van der Waals surface area (Å²) in [6.45, 7) is 0. The van der Waals surface area contributed by atoms with Crippen molar-refractivity contribution < 1.29 is 14.2 Å². The zero-order valence-electron chi connectivity index (χ0n) is 14.6. The van der Waals surface area contributed by atoms with Gasteiger partial charge >= 0.3 is 0 Å². The summed E-state index contributed by atoms with van der Waals surface area (Å²) in [5, 5.41) is 12.4. The average molecular weight is 372 g/mol. The number of nitrogens with one attached hydrogen (secondary N) is 3. The molecule has 0 bridgehead atoms. The van der Waals surface area contributed by atoms with Gasteiger partial charge in [0.05, 0.1) is 32.7 Å². The van der Waals surface area contributed by atoms with Crippen molar-refractivity contribution in [3.05, 3.63) is 41.4 Å². The Labute approximate surface area is 155 Å². The van der Waals surface area contributed by atoms with Gasteiger partial charge in [-0.15, -0.1) is 0 Å². The number of hydrogen-bond acceptors (Lipinski definition) is 4. The van der Waals surface area contributed by atoms with E-state index in [0.29, 0.717) is 22.3 Å². The molecule has 2 aromatic carbocycles. The predicted molar refractivity (Wildman–Crippen MR) is 104 cm³/mol. The molecule has 1 heterocycles. The third-order valence-corrected chi connectivity index (χ3v) is 4.63. The van der Waals surface area contributed by atoms with E-state index in [4.69, 9.17) is 25.8 Å². The van der Waals surface area contributed by atoms with E-state index in [1.54, 1.807) is 27.4 Å². The van der Waals surface area contributed by atoms with E-state index < -0.39 is 0 Å². The van der Waals surface area contributed by atoms with Crippen LogP contribution in [0.25, 0.3) is 22.0 Å². The maximum atomic E-state index is 6.12. The summed E-state index contributed by atoms with van der Waals surface area (Å²) >= 11 is 6.12. The molecular formula is C19H18ClN3O3. The highest BCUT2D eigenvalue weighted by atomic mass is 35.5. The summed E-state index contributed by atoms with van der Waals surface area (Å²) < 4.78 is 16.2. The van der Waals surface area contributed by atoms with Gasteiger partial charge in [0.15, 0.2) is 11.5 Å². The lowest BCUT2D eigenvalue weighted by Crippen LogP contribution is -1.95. The Hall–Kier alpha value is -2.99. The van der Waals surface area contributed by atoms with Crippen LogP contribution in [-0.4, -0.2) is 31.5 Å². The molecule has 7 heteroatoms. The van der Waals surface area contributed by atoms with Crippen molar-refractivity contribution in [3.8, 4) is 28.5 Å². The van der Waals surface area contributed by atoms with Crippen LogP contribution in [0.2, 0.25) is 5.02 Å². The molecule has 0 fully saturated rings. The number of aromatic nitrogens is 2. The van der Waals surface area contributed by atoms with Gasteiger partial charge in [-0.1, -0.05) is 11.6 Å². The van der Waals surface area contributed by atoms with Gasteiger partial charge in [0.25, 0.3) is 0 Å². The first-order chi connectivity index (χ1) is 12.6. The lowest BCUT2D eigenvalue weighted by molar-refractivity contribution is 0.356. The molecule has 0 saturated carbocycles. The molecule has 134 valence electrons. The minimum absolute atomic E-state index is 0.627. The first-order valence-corrected chi connectivity index (χ1v) is 8.37. The average Bonchev–Trinajstić information content (AvgIpc) is 3.20. The molecule has 0 amide bonds. The molecule has 26 heavy (non-hydrogen) atoms. The smallest absolute Gasteiger partial charge is 0.161 e. The van der Waals surface area contributed by atoms with Crippen molar-refractivity contribution in [1.29, 1.82) is 0 Å². The van der Waals surface area contributed by atoms with Crippen LogP contribution < -0.4 is 19.5 Å². The number of benzene rings is 2. The lowest BCUT2D eigenvalue weighted by atomic mass is 10.2. The molecule has 3 N–H and O–H groups in total. The highest BCUT2D eigenvalue weighted by Crippen LogP contribution is 2.43. The van der Waals surface area contributed by atoms with Crippen LogP contribution in [0.5, 0.6) is 17.2 Å². The summed E-state index contributed by atoms with van der Waals surface area (Å²) in [5.41, 5.74) is 2.76. The van der Waals surface area contributed by atoms with Crippen LogP contribution in [0.15, 0.2) is 36.4 Å². The molecule has 0 atom stereocenters. The highest BCUT2D eigenvalue weighted by molar-refractivity contribution is 6.31. The van der Waals surface area contributed by atoms with E-state index in [1.807, 2.05) is 24.3 Å². The summed E-state index contributed by atoms with van der Waals surface area (Å²) in [6.07, 6.45) is 0. The van der Waals surface area contributed by atoms with Crippen molar-refractivity contribution in [2.24, 2.45) is 0 Å². The normalized spacial score (nSPS) is 11.1. The number of rotatable bonds is 5. The Morgan fingerprint density at radius 1 is 0.846 bits per heavy atom. The number of halogens is 1. The third kappa shape index (κ3) is 2.59. The number of H-pyrrole nitrogens is 2. The quantitative estimate of drug-likeness (QED) is 0.460. The maximum Gasteiger partial charge on any atom is 0.161 e. The fourth-order valence-corrected chi connectivity index (χ4v) is 3.31. The zero-order valence-corrected chi connectivity index (χ0v) is 15.3. The molecule has 2 aliphatic rings. The standard InChI is InChI=1S/C19H18ClN3O3/c1-24-15-5-4-11(20)8-14(15)21-19-13-6-10-7-16(25-2)17(26-3)9-12(10)18(13)22-23-19/h4-9,21-23H,1-3H3. The fraction of sp³-hybridized carbons (Fsp3) is 0.158. The SMILES string of the molecule is COc1ccc(Cl)cc1Nc1[nH][nH]c2c3cc(OC)c(OC)cc3cc1-2. The number of anilines is 2. The Morgan fingerprint density at radius 2 is 1.58 bits per heavy atom. The first-order valence-electron chi connectivity index (χ1n) is 8.00. The van der Waals surface area contributed by atoms with Gasteiger partial charge in [-0.25, -0.2) is 0 Å². The fourth-order valence-electron chi connectivity index (χ4n) is 3.14. The molecule has 4 rings (SSSR count). The Balaban J connectivity index is 1.79. The first kappa shape index (κ1) is 16.5. The molecule has 0 spiro atoms. The predicted octanol–water partition coefficient (Wildman–Crippen LogP) is 5.02. The number of fused-ring (bicyclic) bond motifs is 3. The third-order valence-electron chi connectivity index (χ3n) is 4.40. The molecule has 0 radical (unpaired) electrons. The van der Waals surface area contributed by atoms with E-state index in [9.17, 15) is 0 Å². The highest BCUT2D eigenvalue weighted by Gasteiger charge is 2.20. The minimum Gasteiger partial charge on any atom is -0.495 e. The summed E-state index contributed by atoms with van der Waals surface area (Å²) in [7, 11) is 4.88. The van der Waals surface area contributed by atoms with Gasteiger partial charge in [-0.05, 0) is 41.8 Å². The van der Waals surface area contributed by atoms with E-state index in [-0.39, 0.29) is 0 Å². The lowest BCUT2D eigenvalue weighted by Gasteiger charge is -2.10. The molecule has 0 unspecified atom stereocenters. The maximum absolute atomic E-state index is 6.12. The van der Waals surface area contributed by atoms with Gasteiger partial charge in [0, 0.05) is 16.0 Å². The van der Waals surface area contributed by atoms with Crippen LogP contribution in [-0.2, 0) is 0 Å². The number of aromatic amines is 2. The second kappa shape index (κ2) is 6.38. The van der Waals surface area contributed by atoms with Crippen molar-refractivity contribution in [2.45, 2.75) is 0 Å². The van der Waals surface area contributed by atoms with E-state index in [1.165, 1.54) is 0 Å². The topological polar surface area (TPSA) is 71.3 Å². The van der Waals surface area contributed by atoms with E-state index in [0.717, 1.165) is 33.5 Å². The largest absolute Gasteiger partial charge is 0.495 e. The second-order valence-corrected chi connectivity index (χ2v) is 6.26. The van der Waals surface area contributed by atoms with Crippen molar-refractivity contribution in [2.75, 3.05) is 26.6 Å². The zero-order chi connectivity index (χ0) is 18.3. The van der Waals surface area contributed by atoms with Gasteiger partial charge in [0.2, 0.25) is 0 Å². The molecule has 6 nitrogen and oxygen atoms in total. The van der Waals surface area contributed by atoms with E-state index >= 15 is 0 Å². The molecule has 0 saturated heterocycles. The van der Waals surface area contributed by atoms with Crippen molar-refractivity contribution in [1.82, 2.24) is 10.2 Å². The van der Waals surface area contributed by atoms with Gasteiger partial charge < -0.3 is 19.5 Å². The molecule has 1 aliphatic carbocycles. The van der Waals surface area contributed by atoms with Gasteiger partial charge in [0.1, 0.15) is 11.6 Å². The number of methoxy groups -OCH3 is 3. The van der Waals surface area contributed by atoms with E-state index in [2.05, 4.69) is 21.6 Å². The molecule has 1 aliphatic heterocycles. The molecular weight excluding hydrogens is 354 g/mol. The summed E-state index contributed by atoms with van der Waals surface area (Å²) in [4.78, 5) is 0. The van der Waals surface area contributed by atoms with Crippen molar-refractivity contribution in [3.63, 3.8) is 0 Å². The molecule has 2 aromatic rings. The van der Waals surface area contributed by atoms with Crippen LogP contribution in [0, 0.1) is 0 Å². The Bertz CT molecular complexity index is 1050. The minimum atomic E-state index is 0.627. The summed E-state index contributed by atoms with van der Waals surface area (Å²) in [6, 6.07) is 11.4. The van der Waals surface area contributed by atoms with Crippen LogP contribution in [0.4, 0.5) is 11.5 Å². The second-order valence-electron chi connectivity index (χ2n) is 5.82. The van der Waals surface area contributed by atoms with Crippen LogP contribution in [0.3, 0.4) is 0 Å². The number of hydrogen-bond donors (Lipinski definition) is 3. The Kier molecular flexibility index (Phi) is 4.05. The monoisotopic (exact) mass is 371 g/mol. The Morgan fingerprint density at radius 3 is 2.31 bits per heavy atom. The van der Waals surface area contributed by atoms with Crippen molar-refractivity contribution >= 4 is 33.9 Å². The summed E-state index contributed by atoms with van der Waals surface area (Å²) in [5.74, 6) is 2.90. The van der Waals surface area contributed by atoms with Crippen LogP contribution in [0.1, 0.15) is 0 Å². The van der Waals surface area contributed by atoms with Gasteiger partial charge in [-0.3, -0.25) is 10.2 Å². The molecule has 0 aromatic heterocycles. The van der Waals surface area contributed by atoms with Gasteiger partial charge in [-0.2, -0.15) is 0 Å². The van der Waals surface area contributed by atoms with Crippen LogP contribution >= 0.6 is 11.6 Å². The number of ether oxygens (including phenoxy) is 3.